The van der Waals surface area contributed by atoms with Crippen molar-refractivity contribution in [2.75, 3.05) is 31.8 Å². The Bertz CT molecular complexity index is 848. The Morgan fingerprint density at radius 1 is 0.727 bits per heavy atom. The predicted molar refractivity (Wildman–Crippen MR) is 162 cm³/mol. The molecule has 2 aromatic carbocycles. The van der Waals surface area contributed by atoms with Crippen LogP contribution in [0.4, 0.5) is 0 Å². The normalized spacial score (nSPS) is 13.1. The molecule has 3 nitrogen and oxygen atoms in total. The first kappa shape index (κ1) is 30.6. The molecule has 0 heterocycles. The van der Waals surface area contributed by atoms with Gasteiger partial charge in [0.2, 0.25) is 0 Å². The molecule has 0 aliphatic heterocycles. The van der Waals surface area contributed by atoms with Crippen LogP contribution in [0, 0.1) is 0 Å². The van der Waals surface area contributed by atoms with Crippen LogP contribution in [0.25, 0.3) is 0 Å². The Balaban J connectivity index is 2.02. The molecule has 0 saturated heterocycles. The highest BCUT2D eigenvalue weighted by Crippen LogP contribution is 2.38. The highest BCUT2D eigenvalue weighted by molar-refractivity contribution is 9.12. The third-order valence-corrected chi connectivity index (χ3v) is 9.57. The van der Waals surface area contributed by atoms with Gasteiger partial charge < -0.3 is 14.2 Å². The molecule has 33 heavy (non-hydrogen) atoms. The molecule has 2 atom stereocenters. The van der Waals surface area contributed by atoms with Crippen LogP contribution in [0.3, 0.4) is 0 Å². The van der Waals surface area contributed by atoms with Gasteiger partial charge in [-0.3, -0.25) is 0 Å². The molecule has 0 aromatic heterocycles. The maximum Gasteiger partial charge on any atom is 0.147 e. The summed E-state index contributed by atoms with van der Waals surface area (Å²) in [4.78, 5) is 0.387. The molecular formula is C23H25Br7O3. The van der Waals surface area contributed by atoms with Gasteiger partial charge in [-0.25, -0.2) is 0 Å². The largest absolute Gasteiger partial charge is 0.490 e. The minimum absolute atomic E-state index is 0.137. The van der Waals surface area contributed by atoms with Gasteiger partial charge in [0.05, 0.1) is 34.2 Å². The zero-order valence-corrected chi connectivity index (χ0v) is 29.1. The van der Waals surface area contributed by atoms with Crippen molar-refractivity contribution in [3.05, 3.63) is 53.3 Å². The van der Waals surface area contributed by atoms with Crippen LogP contribution < -0.4 is 9.47 Å². The third-order valence-electron chi connectivity index (χ3n) is 4.45. The van der Waals surface area contributed by atoms with Crippen molar-refractivity contribution in [2.45, 2.75) is 35.8 Å². The van der Waals surface area contributed by atoms with Crippen LogP contribution in [0.15, 0.2) is 42.2 Å². The molecule has 0 amide bonds. The van der Waals surface area contributed by atoms with Crippen LogP contribution in [-0.2, 0) is 11.2 Å². The lowest BCUT2D eigenvalue weighted by Gasteiger charge is -2.16. The summed E-state index contributed by atoms with van der Waals surface area (Å²) in [5.41, 5.74) is 2.32. The third kappa shape index (κ3) is 10.7. The molecular weight excluding hydrogens is 884 g/mol. The van der Waals surface area contributed by atoms with Crippen LogP contribution in [0.5, 0.6) is 11.5 Å². The smallest absolute Gasteiger partial charge is 0.147 e. The Morgan fingerprint density at radius 3 is 1.61 bits per heavy atom. The van der Waals surface area contributed by atoms with Crippen LogP contribution in [0.1, 0.15) is 30.9 Å². The van der Waals surface area contributed by atoms with E-state index in [-0.39, 0.29) is 9.65 Å². The summed E-state index contributed by atoms with van der Waals surface area (Å²) in [5, 5.41) is 0.826. The van der Waals surface area contributed by atoms with Crippen molar-refractivity contribution in [3.63, 3.8) is 0 Å². The number of hydrogen-bond donors (Lipinski definition) is 0. The second kappa shape index (κ2) is 16.3. The summed E-state index contributed by atoms with van der Waals surface area (Å²) in [6, 6.07) is 8.38. The maximum absolute atomic E-state index is 6.04. The molecule has 0 N–H and O–H groups in total. The van der Waals surface area contributed by atoms with Crippen molar-refractivity contribution in [2.24, 2.45) is 0 Å². The monoisotopic (exact) mass is 902 g/mol. The summed E-state index contributed by atoms with van der Waals surface area (Å²) >= 11 is 25.3. The predicted octanol–water partition coefficient (Wildman–Crippen LogP) is 9.82. The standard InChI is InChI=1S/C23H25Br7O3/c1-2-3-4-31-11-17(26)13-33-23-20(29)8-15(9-21(23)30)5-14-6-18(27)22(19(28)7-14)32-12-16(25)10-24/h6-9,16-17H,2-5,10-13H2,1H3. The van der Waals surface area contributed by atoms with Gasteiger partial charge in [-0.1, -0.05) is 61.1 Å². The van der Waals surface area contributed by atoms with Gasteiger partial charge >= 0.3 is 0 Å². The van der Waals surface area contributed by atoms with E-state index < -0.39 is 0 Å². The first-order chi connectivity index (χ1) is 15.7. The molecule has 0 bridgehead atoms. The number of rotatable bonds is 14. The zero-order valence-electron chi connectivity index (χ0n) is 18.0. The topological polar surface area (TPSA) is 27.7 Å². The second-order valence-corrected chi connectivity index (χ2v) is 14.0. The number of benzene rings is 2. The van der Waals surface area contributed by atoms with Crippen LogP contribution >= 0.6 is 112 Å². The number of hydrogen-bond acceptors (Lipinski definition) is 3. The molecule has 0 radical (unpaired) electrons. The SMILES string of the molecule is CCCCOCC(Br)COc1c(Br)cc(Cc2cc(Br)c(OCC(Br)CBr)c(Br)c2)cc1Br. The quantitative estimate of drug-likeness (QED) is 0.140. The van der Waals surface area contributed by atoms with Gasteiger partial charge in [0.1, 0.15) is 24.7 Å². The summed E-state index contributed by atoms with van der Waals surface area (Å²) in [7, 11) is 0. The first-order valence-electron chi connectivity index (χ1n) is 10.4. The zero-order chi connectivity index (χ0) is 24.4. The average molecular weight is 909 g/mol. The van der Waals surface area contributed by atoms with E-state index in [2.05, 4.69) is 143 Å². The Labute approximate surface area is 255 Å². The van der Waals surface area contributed by atoms with E-state index in [1.165, 1.54) is 0 Å². The van der Waals surface area contributed by atoms with E-state index in [0.717, 1.165) is 71.7 Å². The van der Waals surface area contributed by atoms with Crippen molar-refractivity contribution in [1.82, 2.24) is 0 Å². The molecule has 2 aromatic rings. The Morgan fingerprint density at radius 2 is 1.18 bits per heavy atom. The lowest BCUT2D eigenvalue weighted by Crippen LogP contribution is -2.18. The lowest BCUT2D eigenvalue weighted by molar-refractivity contribution is 0.122. The number of halogens is 7. The maximum atomic E-state index is 6.04. The van der Waals surface area contributed by atoms with E-state index in [9.17, 15) is 0 Å². The lowest BCUT2D eigenvalue weighted by atomic mass is 10.0. The van der Waals surface area contributed by atoms with Gasteiger partial charge in [-0.05, 0) is 112 Å². The number of unbranched alkanes of at least 4 members (excludes halogenated alkanes) is 1. The molecule has 0 aliphatic rings. The summed E-state index contributed by atoms with van der Waals surface area (Å²) in [6.45, 7) is 4.67. The molecule has 2 rings (SSSR count). The van der Waals surface area contributed by atoms with Crippen LogP contribution in [0.2, 0.25) is 0 Å². The fourth-order valence-corrected chi connectivity index (χ4v) is 6.50. The minimum Gasteiger partial charge on any atom is -0.490 e. The van der Waals surface area contributed by atoms with E-state index in [0.29, 0.717) is 19.8 Å². The highest BCUT2D eigenvalue weighted by Gasteiger charge is 2.15. The number of alkyl halides is 3. The average Bonchev–Trinajstić information content (AvgIpc) is 2.75. The van der Waals surface area contributed by atoms with Gasteiger partial charge in [-0.15, -0.1) is 0 Å². The summed E-state index contributed by atoms with van der Waals surface area (Å²) in [5.74, 6) is 1.59. The van der Waals surface area contributed by atoms with Gasteiger partial charge in [0.15, 0.2) is 0 Å². The highest BCUT2D eigenvalue weighted by atomic mass is 79.9. The van der Waals surface area contributed by atoms with E-state index in [1.807, 2.05) is 0 Å². The minimum atomic E-state index is 0.137. The molecule has 0 fully saturated rings. The fraction of sp³-hybridized carbons (Fsp3) is 0.478. The molecule has 0 spiro atoms. The van der Waals surface area contributed by atoms with Gasteiger partial charge in [0, 0.05) is 11.9 Å². The van der Waals surface area contributed by atoms with Crippen molar-refractivity contribution >= 4 is 112 Å². The first-order valence-corrected chi connectivity index (χ1v) is 16.5. The molecule has 2 unspecified atom stereocenters. The van der Waals surface area contributed by atoms with E-state index >= 15 is 0 Å². The second-order valence-electron chi connectivity index (χ2n) is 7.35. The van der Waals surface area contributed by atoms with E-state index in [4.69, 9.17) is 14.2 Å². The van der Waals surface area contributed by atoms with Crippen molar-refractivity contribution in [1.29, 1.82) is 0 Å². The van der Waals surface area contributed by atoms with Crippen molar-refractivity contribution < 1.29 is 14.2 Å². The molecule has 184 valence electrons. The van der Waals surface area contributed by atoms with Gasteiger partial charge in [0.25, 0.3) is 0 Å². The number of ether oxygens (including phenoxy) is 3. The van der Waals surface area contributed by atoms with Crippen LogP contribution in [-0.4, -0.2) is 41.4 Å². The van der Waals surface area contributed by atoms with Crippen molar-refractivity contribution in [3.8, 4) is 11.5 Å². The molecule has 0 saturated carbocycles. The molecule has 10 heteroatoms. The Hall–Kier alpha value is 1.36. The van der Waals surface area contributed by atoms with E-state index in [1.54, 1.807) is 0 Å². The summed E-state index contributed by atoms with van der Waals surface area (Å²) < 4.78 is 21.3. The van der Waals surface area contributed by atoms with Gasteiger partial charge in [-0.2, -0.15) is 0 Å². The molecule has 0 aliphatic carbocycles. The Kier molecular flexibility index (Phi) is 15.1. The summed E-state index contributed by atoms with van der Waals surface area (Å²) in [6.07, 6.45) is 2.98. The fourth-order valence-electron chi connectivity index (χ4n) is 2.84.